The van der Waals surface area contributed by atoms with E-state index in [-0.39, 0.29) is 18.4 Å². The number of aromatic amines is 1. The molecule has 1 fully saturated rings. The molecule has 0 bridgehead atoms. The van der Waals surface area contributed by atoms with E-state index in [1.165, 1.54) is 5.56 Å². The highest BCUT2D eigenvalue weighted by Gasteiger charge is 2.31. The molecular weight excluding hydrogens is 396 g/mol. The maximum atomic E-state index is 12.2. The number of nitrogens with zero attached hydrogens (tertiary/aromatic N) is 5. The van der Waals surface area contributed by atoms with Gasteiger partial charge in [0.2, 0.25) is 12.7 Å². The maximum Gasteiger partial charge on any atom is 0.272 e. The van der Waals surface area contributed by atoms with Crippen molar-refractivity contribution in [3.8, 4) is 23.0 Å². The van der Waals surface area contributed by atoms with Gasteiger partial charge in [-0.2, -0.15) is 5.10 Å². The number of benzene rings is 2. The fourth-order valence-corrected chi connectivity index (χ4v) is 4.54. The van der Waals surface area contributed by atoms with Crippen molar-refractivity contribution in [3.05, 3.63) is 58.4 Å². The van der Waals surface area contributed by atoms with E-state index in [1.807, 2.05) is 35.9 Å². The SMILES string of the molecule is Cn1c(-c2n[nH]c(=O)c3ccccc23)nnc1N1CCCC1c1ccc2c(c1)OCO2. The number of H-pyrrole nitrogens is 1. The molecule has 1 saturated heterocycles. The van der Waals surface area contributed by atoms with E-state index in [2.05, 4.69) is 37.4 Å². The van der Waals surface area contributed by atoms with E-state index in [0.29, 0.717) is 16.9 Å². The summed E-state index contributed by atoms with van der Waals surface area (Å²) >= 11 is 0. The van der Waals surface area contributed by atoms with Crippen molar-refractivity contribution >= 4 is 16.7 Å². The van der Waals surface area contributed by atoms with Crippen LogP contribution in [0, 0.1) is 0 Å². The largest absolute Gasteiger partial charge is 0.454 e. The zero-order valence-electron chi connectivity index (χ0n) is 16.9. The quantitative estimate of drug-likeness (QED) is 0.548. The number of anilines is 1. The lowest BCUT2D eigenvalue weighted by Crippen LogP contribution is -2.25. The first-order valence-electron chi connectivity index (χ1n) is 10.2. The van der Waals surface area contributed by atoms with Gasteiger partial charge < -0.3 is 14.4 Å². The minimum Gasteiger partial charge on any atom is -0.454 e. The predicted octanol–water partition coefficient (Wildman–Crippen LogP) is 2.79. The number of fused-ring (bicyclic) bond motifs is 2. The zero-order chi connectivity index (χ0) is 20.9. The molecule has 1 atom stereocenters. The highest BCUT2D eigenvalue weighted by molar-refractivity contribution is 5.92. The molecule has 0 aliphatic carbocycles. The minimum atomic E-state index is -0.218. The van der Waals surface area contributed by atoms with Crippen LogP contribution in [0.25, 0.3) is 22.3 Å². The van der Waals surface area contributed by atoms with Gasteiger partial charge in [-0.1, -0.05) is 24.3 Å². The summed E-state index contributed by atoms with van der Waals surface area (Å²) < 4.78 is 13.0. The Morgan fingerprint density at radius 3 is 2.81 bits per heavy atom. The van der Waals surface area contributed by atoms with Crippen LogP contribution < -0.4 is 19.9 Å². The Labute approximate surface area is 177 Å². The molecular formula is C22H20N6O3. The Morgan fingerprint density at radius 1 is 1.06 bits per heavy atom. The third-order valence-electron chi connectivity index (χ3n) is 6.05. The van der Waals surface area contributed by atoms with E-state index >= 15 is 0 Å². The van der Waals surface area contributed by atoms with Gasteiger partial charge >= 0.3 is 0 Å². The fraction of sp³-hybridized carbons (Fsp3) is 0.273. The van der Waals surface area contributed by atoms with Crippen LogP contribution >= 0.6 is 0 Å². The van der Waals surface area contributed by atoms with Gasteiger partial charge in [0.05, 0.1) is 11.4 Å². The van der Waals surface area contributed by atoms with E-state index in [9.17, 15) is 4.79 Å². The number of rotatable bonds is 3. The number of ether oxygens (including phenoxy) is 2. The van der Waals surface area contributed by atoms with Gasteiger partial charge in [0, 0.05) is 19.0 Å². The molecule has 156 valence electrons. The first-order chi connectivity index (χ1) is 15.2. The van der Waals surface area contributed by atoms with Crippen LogP contribution in [0.3, 0.4) is 0 Å². The Hall–Kier alpha value is -3.88. The molecule has 9 nitrogen and oxygen atoms in total. The van der Waals surface area contributed by atoms with E-state index in [1.54, 1.807) is 6.07 Å². The van der Waals surface area contributed by atoms with Gasteiger partial charge in [0.15, 0.2) is 17.3 Å². The fourth-order valence-electron chi connectivity index (χ4n) is 4.54. The minimum absolute atomic E-state index is 0.172. The average Bonchev–Trinajstić information content (AvgIpc) is 3.53. The second-order valence-electron chi connectivity index (χ2n) is 7.79. The van der Waals surface area contributed by atoms with Crippen molar-refractivity contribution in [3.63, 3.8) is 0 Å². The highest BCUT2D eigenvalue weighted by Crippen LogP contribution is 2.40. The van der Waals surface area contributed by atoms with Gasteiger partial charge in [-0.25, -0.2) is 5.10 Å². The molecule has 0 radical (unpaired) electrons. The number of aromatic nitrogens is 5. The van der Waals surface area contributed by atoms with Crippen LogP contribution in [0.1, 0.15) is 24.4 Å². The molecule has 6 rings (SSSR count). The van der Waals surface area contributed by atoms with Gasteiger partial charge in [0.1, 0.15) is 5.69 Å². The standard InChI is InChI=1S/C22H20N6O3/c1-27-20(19-14-5-2-3-6-15(14)21(29)25-23-19)24-26-22(27)28-10-4-7-16(28)13-8-9-17-18(11-13)31-12-30-17/h2-3,5-6,8-9,11,16H,4,7,10,12H2,1H3,(H,25,29). The zero-order valence-corrected chi connectivity index (χ0v) is 16.9. The van der Waals surface area contributed by atoms with Gasteiger partial charge in [-0.15, -0.1) is 10.2 Å². The van der Waals surface area contributed by atoms with Crippen molar-refractivity contribution in [1.29, 1.82) is 0 Å². The van der Waals surface area contributed by atoms with Crippen LogP contribution in [0.2, 0.25) is 0 Å². The van der Waals surface area contributed by atoms with E-state index in [0.717, 1.165) is 42.2 Å². The summed E-state index contributed by atoms with van der Waals surface area (Å²) in [5, 5.41) is 17.1. The van der Waals surface area contributed by atoms with E-state index < -0.39 is 0 Å². The summed E-state index contributed by atoms with van der Waals surface area (Å²) in [6.07, 6.45) is 2.07. The molecule has 0 amide bonds. The first-order valence-corrected chi connectivity index (χ1v) is 10.2. The molecule has 1 N–H and O–H groups in total. The summed E-state index contributed by atoms with van der Waals surface area (Å²) in [5.74, 6) is 2.95. The van der Waals surface area contributed by atoms with Crippen LogP contribution in [0.4, 0.5) is 5.95 Å². The second kappa shape index (κ2) is 6.83. The van der Waals surface area contributed by atoms with Crippen molar-refractivity contribution < 1.29 is 9.47 Å². The number of hydrogen-bond acceptors (Lipinski definition) is 7. The lowest BCUT2D eigenvalue weighted by Gasteiger charge is -2.25. The Kier molecular flexibility index (Phi) is 3.95. The Bertz CT molecular complexity index is 1360. The Balaban J connectivity index is 1.41. The molecule has 2 aliphatic heterocycles. The summed E-state index contributed by atoms with van der Waals surface area (Å²) in [6.45, 7) is 1.14. The summed E-state index contributed by atoms with van der Waals surface area (Å²) in [5.41, 5.74) is 1.55. The van der Waals surface area contributed by atoms with Crippen molar-refractivity contribution in [2.75, 3.05) is 18.2 Å². The molecule has 1 unspecified atom stereocenters. The van der Waals surface area contributed by atoms with Crippen molar-refractivity contribution in [1.82, 2.24) is 25.0 Å². The van der Waals surface area contributed by atoms with Gasteiger partial charge in [0.25, 0.3) is 5.56 Å². The molecule has 31 heavy (non-hydrogen) atoms. The predicted molar refractivity (Wildman–Crippen MR) is 114 cm³/mol. The lowest BCUT2D eigenvalue weighted by molar-refractivity contribution is 0.174. The Morgan fingerprint density at radius 2 is 1.90 bits per heavy atom. The number of hydrogen-bond donors (Lipinski definition) is 1. The van der Waals surface area contributed by atoms with E-state index in [4.69, 9.17) is 9.47 Å². The average molecular weight is 416 g/mol. The highest BCUT2D eigenvalue weighted by atomic mass is 16.7. The number of nitrogens with one attached hydrogen (secondary N) is 1. The summed E-state index contributed by atoms with van der Waals surface area (Å²) in [6, 6.07) is 13.7. The van der Waals surface area contributed by atoms with Crippen LogP contribution in [-0.2, 0) is 7.05 Å². The van der Waals surface area contributed by atoms with Gasteiger partial charge in [-0.3, -0.25) is 9.36 Å². The molecule has 4 heterocycles. The topological polar surface area (TPSA) is 98.2 Å². The van der Waals surface area contributed by atoms with Crippen molar-refractivity contribution in [2.24, 2.45) is 7.05 Å². The molecule has 0 spiro atoms. The van der Waals surface area contributed by atoms with Gasteiger partial charge in [-0.05, 0) is 36.6 Å². The monoisotopic (exact) mass is 416 g/mol. The molecule has 2 aromatic carbocycles. The molecule has 2 aromatic heterocycles. The van der Waals surface area contributed by atoms with Crippen molar-refractivity contribution in [2.45, 2.75) is 18.9 Å². The molecule has 4 aromatic rings. The third kappa shape index (κ3) is 2.77. The maximum absolute atomic E-state index is 12.2. The summed E-state index contributed by atoms with van der Waals surface area (Å²) in [7, 11) is 1.93. The van der Waals surface area contributed by atoms with Crippen LogP contribution in [0.15, 0.2) is 47.3 Å². The second-order valence-corrected chi connectivity index (χ2v) is 7.79. The smallest absolute Gasteiger partial charge is 0.272 e. The lowest BCUT2D eigenvalue weighted by atomic mass is 10.0. The first kappa shape index (κ1) is 17.9. The molecule has 9 heteroatoms. The van der Waals surface area contributed by atoms with Crippen LogP contribution in [0.5, 0.6) is 11.5 Å². The molecule has 2 aliphatic rings. The van der Waals surface area contributed by atoms with Crippen LogP contribution in [-0.4, -0.2) is 38.3 Å². The third-order valence-corrected chi connectivity index (χ3v) is 6.05. The normalized spacial score (nSPS) is 17.6. The molecule has 0 saturated carbocycles. The summed E-state index contributed by atoms with van der Waals surface area (Å²) in [4.78, 5) is 14.4.